The van der Waals surface area contributed by atoms with Gasteiger partial charge in [-0.2, -0.15) is 8.42 Å². The van der Waals surface area contributed by atoms with Gasteiger partial charge in [-0.25, -0.2) is 4.18 Å². The SMILES string of the molecule is CCCCCCCCCCCCCCC1COC(COCCCCN2C=CSC2OS(=O)(=O)c2ccc(C)cc2)C1. The van der Waals surface area contributed by atoms with Gasteiger partial charge >= 0.3 is 0 Å². The van der Waals surface area contributed by atoms with E-state index in [0.29, 0.717) is 19.1 Å². The van der Waals surface area contributed by atoms with Crippen molar-refractivity contribution in [2.75, 3.05) is 26.4 Å². The summed E-state index contributed by atoms with van der Waals surface area (Å²) in [6.07, 6.45) is 23.2. The largest absolute Gasteiger partial charge is 0.379 e. The Hall–Kier alpha value is -1.06. The van der Waals surface area contributed by atoms with Crippen molar-refractivity contribution in [3.8, 4) is 0 Å². The lowest BCUT2D eigenvalue weighted by molar-refractivity contribution is 0.0148. The minimum atomic E-state index is -3.80. The molecule has 1 saturated heterocycles. The van der Waals surface area contributed by atoms with E-state index in [9.17, 15) is 8.42 Å². The highest BCUT2D eigenvalue weighted by Crippen LogP contribution is 2.30. The predicted molar refractivity (Wildman–Crippen MR) is 170 cm³/mol. The van der Waals surface area contributed by atoms with E-state index in [1.54, 1.807) is 24.3 Å². The van der Waals surface area contributed by atoms with Crippen LogP contribution in [0.2, 0.25) is 0 Å². The van der Waals surface area contributed by atoms with Crippen molar-refractivity contribution in [1.29, 1.82) is 0 Å². The van der Waals surface area contributed by atoms with E-state index in [1.165, 1.54) is 95.2 Å². The van der Waals surface area contributed by atoms with Gasteiger partial charge in [-0.15, -0.1) is 0 Å². The van der Waals surface area contributed by atoms with Gasteiger partial charge in [0.1, 0.15) is 0 Å². The number of thioether (sulfide) groups is 1. The summed E-state index contributed by atoms with van der Waals surface area (Å²) in [4.78, 5) is 2.13. The van der Waals surface area contributed by atoms with E-state index in [0.717, 1.165) is 38.0 Å². The Bertz CT molecular complexity index is 953. The van der Waals surface area contributed by atoms with Crippen LogP contribution in [0.1, 0.15) is 115 Å². The summed E-state index contributed by atoms with van der Waals surface area (Å²) in [5.74, 6) is 0.694. The molecule has 1 aromatic carbocycles. The van der Waals surface area contributed by atoms with Crippen LogP contribution in [0.15, 0.2) is 40.8 Å². The first-order valence-corrected chi connectivity index (χ1v) is 18.6. The predicted octanol–water partition coefficient (Wildman–Crippen LogP) is 8.80. The van der Waals surface area contributed by atoms with Crippen LogP contribution in [0.4, 0.5) is 0 Å². The van der Waals surface area contributed by atoms with Crippen LogP contribution >= 0.6 is 11.8 Å². The lowest BCUT2D eigenvalue weighted by atomic mass is 9.97. The molecule has 6 nitrogen and oxygen atoms in total. The molecular formula is C33H55NO5S2. The maximum atomic E-state index is 12.7. The lowest BCUT2D eigenvalue weighted by Crippen LogP contribution is -2.30. The summed E-state index contributed by atoms with van der Waals surface area (Å²) in [6, 6.07) is 6.75. The van der Waals surface area contributed by atoms with Crippen LogP contribution in [0, 0.1) is 12.8 Å². The Morgan fingerprint density at radius 3 is 2.24 bits per heavy atom. The summed E-state index contributed by atoms with van der Waals surface area (Å²) < 4.78 is 42.7. The van der Waals surface area contributed by atoms with Crippen LogP contribution in [0.25, 0.3) is 0 Å². The number of aryl methyl sites for hydroxylation is 1. The third kappa shape index (κ3) is 13.8. The molecule has 2 aliphatic heterocycles. The van der Waals surface area contributed by atoms with E-state index >= 15 is 0 Å². The highest BCUT2D eigenvalue weighted by molar-refractivity contribution is 8.03. The summed E-state index contributed by atoms with van der Waals surface area (Å²) in [7, 11) is -3.80. The molecule has 0 amide bonds. The van der Waals surface area contributed by atoms with Gasteiger partial charge in [0.25, 0.3) is 10.1 Å². The average Bonchev–Trinajstić information content (AvgIpc) is 3.60. The number of unbranched alkanes of at least 4 members (excludes halogenated alkanes) is 12. The first kappa shape index (κ1) is 34.4. The van der Waals surface area contributed by atoms with Gasteiger partial charge in [0.05, 0.1) is 17.6 Å². The molecule has 2 aliphatic rings. The van der Waals surface area contributed by atoms with Gasteiger partial charge in [-0.1, -0.05) is 113 Å². The van der Waals surface area contributed by atoms with Crippen LogP contribution in [0.3, 0.4) is 0 Å². The van der Waals surface area contributed by atoms with Crippen LogP contribution in [-0.4, -0.2) is 51.3 Å². The molecule has 0 spiro atoms. The molecule has 2 heterocycles. The molecule has 0 N–H and O–H groups in total. The number of ether oxygens (including phenoxy) is 2. The molecule has 0 aliphatic carbocycles. The Kier molecular flexibility index (Phi) is 16.8. The highest BCUT2D eigenvalue weighted by Gasteiger charge is 2.28. The van der Waals surface area contributed by atoms with E-state index < -0.39 is 15.7 Å². The molecular weight excluding hydrogens is 554 g/mol. The van der Waals surface area contributed by atoms with Crippen LogP contribution in [-0.2, 0) is 23.8 Å². The molecule has 41 heavy (non-hydrogen) atoms. The van der Waals surface area contributed by atoms with Gasteiger partial charge in [0.2, 0.25) is 5.56 Å². The number of nitrogens with zero attached hydrogens (tertiary/aromatic N) is 1. The fourth-order valence-corrected chi connectivity index (χ4v) is 7.63. The fourth-order valence-electron chi connectivity index (χ4n) is 5.54. The molecule has 3 unspecified atom stereocenters. The van der Waals surface area contributed by atoms with Crippen molar-refractivity contribution in [3.05, 3.63) is 41.4 Å². The second-order valence-electron chi connectivity index (χ2n) is 11.8. The third-order valence-corrected chi connectivity index (χ3v) is 10.4. The Morgan fingerprint density at radius 1 is 0.902 bits per heavy atom. The van der Waals surface area contributed by atoms with E-state index in [4.69, 9.17) is 13.7 Å². The average molecular weight is 610 g/mol. The second-order valence-corrected chi connectivity index (χ2v) is 14.4. The topological polar surface area (TPSA) is 65.1 Å². The Labute approximate surface area is 255 Å². The summed E-state index contributed by atoms with van der Waals surface area (Å²) in [5, 5.41) is 1.89. The van der Waals surface area contributed by atoms with Gasteiger partial charge < -0.3 is 14.4 Å². The summed E-state index contributed by atoms with van der Waals surface area (Å²) in [5.41, 5.74) is 0.454. The summed E-state index contributed by atoms with van der Waals surface area (Å²) in [6.45, 7) is 7.19. The normalized spacial score (nSPS) is 20.8. The molecule has 1 aromatic rings. The molecule has 8 heteroatoms. The zero-order valence-corrected chi connectivity index (χ0v) is 27.3. The number of rotatable bonds is 23. The number of benzene rings is 1. The van der Waals surface area contributed by atoms with Gasteiger partial charge in [0, 0.05) is 26.0 Å². The van der Waals surface area contributed by atoms with Crippen molar-refractivity contribution >= 4 is 21.9 Å². The monoisotopic (exact) mass is 609 g/mol. The Morgan fingerprint density at radius 2 is 1.56 bits per heavy atom. The van der Waals surface area contributed by atoms with Gasteiger partial charge in [-0.3, -0.25) is 0 Å². The molecule has 0 bridgehead atoms. The first-order valence-electron chi connectivity index (χ1n) is 16.2. The van der Waals surface area contributed by atoms with Crippen molar-refractivity contribution in [2.45, 2.75) is 133 Å². The molecule has 1 fully saturated rings. The Balaban J connectivity index is 1.14. The fraction of sp³-hybridized carbons (Fsp3) is 0.758. The zero-order chi connectivity index (χ0) is 29.2. The van der Waals surface area contributed by atoms with Crippen LogP contribution in [0.5, 0.6) is 0 Å². The van der Waals surface area contributed by atoms with E-state index in [-0.39, 0.29) is 11.0 Å². The molecule has 0 aromatic heterocycles. The van der Waals surface area contributed by atoms with Crippen LogP contribution < -0.4 is 0 Å². The van der Waals surface area contributed by atoms with Crippen molar-refractivity contribution in [2.24, 2.45) is 5.92 Å². The molecule has 234 valence electrons. The molecule has 3 rings (SSSR count). The smallest absolute Gasteiger partial charge is 0.299 e. The molecule has 0 saturated carbocycles. The van der Waals surface area contributed by atoms with Gasteiger partial charge in [-0.05, 0) is 56.1 Å². The highest BCUT2D eigenvalue weighted by atomic mass is 32.2. The zero-order valence-electron chi connectivity index (χ0n) is 25.6. The lowest BCUT2D eigenvalue weighted by Gasteiger charge is -2.24. The number of hydrogen-bond donors (Lipinski definition) is 0. The second kappa shape index (κ2) is 20.0. The number of hydrogen-bond acceptors (Lipinski definition) is 7. The maximum absolute atomic E-state index is 12.7. The third-order valence-electron chi connectivity index (χ3n) is 8.13. The maximum Gasteiger partial charge on any atom is 0.299 e. The van der Waals surface area contributed by atoms with Crippen molar-refractivity contribution in [1.82, 2.24) is 4.90 Å². The minimum absolute atomic E-state index is 0.189. The van der Waals surface area contributed by atoms with E-state index in [1.807, 2.05) is 23.4 Å². The summed E-state index contributed by atoms with van der Waals surface area (Å²) >= 11 is 1.37. The van der Waals surface area contributed by atoms with E-state index in [2.05, 4.69) is 6.92 Å². The quantitative estimate of drug-likeness (QED) is 0.0907. The van der Waals surface area contributed by atoms with Crippen molar-refractivity contribution < 1.29 is 22.1 Å². The standard InChI is InChI=1S/C33H55NO5S2/c1-3-4-5-6-7-8-9-10-11-12-13-14-17-30-26-31(38-27-30)28-37-24-16-15-22-34-23-25-40-33(34)39-41(35,36)32-20-18-29(2)19-21-32/h18-21,23,25,30-31,33H,3-17,22,24,26-28H2,1-2H3. The molecule has 3 atom stereocenters. The van der Waals surface area contributed by atoms with Crippen molar-refractivity contribution in [3.63, 3.8) is 0 Å². The minimum Gasteiger partial charge on any atom is -0.379 e. The first-order chi connectivity index (χ1) is 20.0. The van der Waals surface area contributed by atoms with Gasteiger partial charge in [0.15, 0.2) is 0 Å². The molecule has 0 radical (unpaired) electrons.